The third-order valence-electron chi connectivity index (χ3n) is 3.19. The highest BCUT2D eigenvalue weighted by atomic mass is 32.1. The lowest BCUT2D eigenvalue weighted by molar-refractivity contribution is 0.290. The van der Waals surface area contributed by atoms with Gasteiger partial charge in [0.1, 0.15) is 0 Å². The maximum Gasteiger partial charge on any atom is 0.166 e. The van der Waals surface area contributed by atoms with Crippen molar-refractivity contribution >= 4 is 17.3 Å². The molecule has 0 amide bonds. The normalized spacial score (nSPS) is 19.6. The average Bonchev–Trinajstić information content (AvgIpc) is 2.18. The summed E-state index contributed by atoms with van der Waals surface area (Å²) in [7, 11) is 0. The maximum atomic E-state index is 5.30. The molecule has 0 aliphatic heterocycles. The van der Waals surface area contributed by atoms with Crippen LogP contribution < -0.4 is 10.6 Å². The molecular formula is C12H24N2S. The summed E-state index contributed by atoms with van der Waals surface area (Å²) < 4.78 is 0. The van der Waals surface area contributed by atoms with Crippen molar-refractivity contribution in [1.29, 1.82) is 0 Å². The van der Waals surface area contributed by atoms with Crippen molar-refractivity contribution < 1.29 is 0 Å². The highest BCUT2D eigenvalue weighted by molar-refractivity contribution is 7.80. The summed E-state index contributed by atoms with van der Waals surface area (Å²) in [4.78, 5) is 0. The average molecular weight is 228 g/mol. The molecule has 0 atom stereocenters. The lowest BCUT2D eigenvalue weighted by atomic mass is 9.83. The minimum Gasteiger partial charge on any atom is -0.363 e. The number of thiocarbonyl (C=S) groups is 1. The zero-order valence-electron chi connectivity index (χ0n) is 10.1. The summed E-state index contributed by atoms with van der Waals surface area (Å²) in [6.45, 7) is 5.49. The van der Waals surface area contributed by atoms with Gasteiger partial charge in [-0.15, -0.1) is 0 Å². The van der Waals surface area contributed by atoms with Crippen LogP contribution in [-0.2, 0) is 0 Å². The Kier molecular flexibility index (Phi) is 5.37. The molecule has 2 N–H and O–H groups in total. The van der Waals surface area contributed by atoms with Crippen LogP contribution >= 0.6 is 12.2 Å². The monoisotopic (exact) mass is 228 g/mol. The Morgan fingerprint density at radius 3 is 2.53 bits per heavy atom. The van der Waals surface area contributed by atoms with Gasteiger partial charge in [-0.05, 0) is 38.4 Å². The van der Waals surface area contributed by atoms with Crippen LogP contribution in [0.3, 0.4) is 0 Å². The highest BCUT2D eigenvalue weighted by Crippen LogP contribution is 2.27. The molecule has 1 saturated carbocycles. The van der Waals surface area contributed by atoms with Gasteiger partial charge in [0.15, 0.2) is 5.11 Å². The van der Waals surface area contributed by atoms with Gasteiger partial charge in [-0.1, -0.05) is 32.6 Å². The molecule has 2 nitrogen and oxygen atoms in total. The molecule has 1 aliphatic rings. The van der Waals surface area contributed by atoms with E-state index in [1.807, 2.05) is 0 Å². The summed E-state index contributed by atoms with van der Waals surface area (Å²) in [5.41, 5.74) is 0.245. The SMILES string of the molecule is CCCCNC(=S)NC1(C)CCCCC1. The van der Waals surface area contributed by atoms with E-state index in [1.54, 1.807) is 0 Å². The summed E-state index contributed by atoms with van der Waals surface area (Å²) in [5, 5.41) is 7.59. The molecule has 1 aliphatic carbocycles. The Hall–Kier alpha value is -0.310. The van der Waals surface area contributed by atoms with Gasteiger partial charge in [0.05, 0.1) is 0 Å². The van der Waals surface area contributed by atoms with Crippen molar-refractivity contribution in [3.63, 3.8) is 0 Å². The Morgan fingerprint density at radius 2 is 1.93 bits per heavy atom. The van der Waals surface area contributed by atoms with Crippen LogP contribution in [-0.4, -0.2) is 17.2 Å². The van der Waals surface area contributed by atoms with Gasteiger partial charge in [0, 0.05) is 12.1 Å². The molecule has 3 heteroatoms. The van der Waals surface area contributed by atoms with Gasteiger partial charge < -0.3 is 10.6 Å². The standard InChI is InChI=1S/C12H24N2S/c1-3-4-10-13-11(15)14-12(2)8-6-5-7-9-12/h3-10H2,1-2H3,(H2,13,14,15). The molecule has 0 aromatic carbocycles. The summed E-state index contributed by atoms with van der Waals surface area (Å²) >= 11 is 5.30. The van der Waals surface area contributed by atoms with E-state index in [9.17, 15) is 0 Å². The molecule has 0 heterocycles. The molecule has 0 aromatic rings. The minimum absolute atomic E-state index is 0.245. The zero-order valence-corrected chi connectivity index (χ0v) is 10.9. The van der Waals surface area contributed by atoms with Crippen LogP contribution in [0.2, 0.25) is 0 Å². The highest BCUT2D eigenvalue weighted by Gasteiger charge is 2.26. The second kappa shape index (κ2) is 6.31. The number of rotatable bonds is 4. The topological polar surface area (TPSA) is 24.1 Å². The van der Waals surface area contributed by atoms with Crippen LogP contribution in [0.1, 0.15) is 58.8 Å². The molecule has 0 saturated heterocycles. The van der Waals surface area contributed by atoms with E-state index in [4.69, 9.17) is 12.2 Å². The van der Waals surface area contributed by atoms with Gasteiger partial charge in [-0.2, -0.15) is 0 Å². The van der Waals surface area contributed by atoms with E-state index in [0.29, 0.717) is 0 Å². The first kappa shape index (κ1) is 12.8. The van der Waals surface area contributed by atoms with Crippen molar-refractivity contribution in [3.8, 4) is 0 Å². The van der Waals surface area contributed by atoms with E-state index in [2.05, 4.69) is 24.5 Å². The van der Waals surface area contributed by atoms with E-state index in [-0.39, 0.29) is 5.54 Å². The maximum absolute atomic E-state index is 5.30. The van der Waals surface area contributed by atoms with Crippen LogP contribution in [0.25, 0.3) is 0 Å². The predicted molar refractivity (Wildman–Crippen MR) is 70.1 cm³/mol. The van der Waals surface area contributed by atoms with Gasteiger partial charge in [-0.25, -0.2) is 0 Å². The van der Waals surface area contributed by atoms with Crippen molar-refractivity contribution in [2.75, 3.05) is 6.54 Å². The Balaban J connectivity index is 2.23. The van der Waals surface area contributed by atoms with E-state index in [0.717, 1.165) is 11.7 Å². The third-order valence-corrected chi connectivity index (χ3v) is 3.43. The summed E-state index contributed by atoms with van der Waals surface area (Å²) in [6.07, 6.45) is 8.96. The van der Waals surface area contributed by atoms with Gasteiger partial charge >= 0.3 is 0 Å². The Labute approximate surface area is 99.2 Å². The second-order valence-corrected chi connectivity index (χ2v) is 5.26. The van der Waals surface area contributed by atoms with Crippen LogP contribution in [0, 0.1) is 0 Å². The fraction of sp³-hybridized carbons (Fsp3) is 0.917. The second-order valence-electron chi connectivity index (χ2n) is 4.86. The summed E-state index contributed by atoms with van der Waals surface area (Å²) in [6, 6.07) is 0. The summed E-state index contributed by atoms with van der Waals surface area (Å²) in [5.74, 6) is 0. The molecule has 1 rings (SSSR count). The van der Waals surface area contributed by atoms with Gasteiger partial charge in [0.25, 0.3) is 0 Å². The lowest BCUT2D eigenvalue weighted by Crippen LogP contribution is -2.51. The molecule has 1 fully saturated rings. The molecule has 0 spiro atoms. The van der Waals surface area contributed by atoms with E-state index >= 15 is 0 Å². The predicted octanol–water partition coefficient (Wildman–Crippen LogP) is 2.97. The zero-order chi connectivity index (χ0) is 11.1. The molecule has 88 valence electrons. The Morgan fingerprint density at radius 1 is 1.27 bits per heavy atom. The fourth-order valence-electron chi connectivity index (χ4n) is 2.15. The molecule has 0 bridgehead atoms. The minimum atomic E-state index is 0.245. The van der Waals surface area contributed by atoms with Gasteiger partial charge in [-0.3, -0.25) is 0 Å². The number of hydrogen-bond donors (Lipinski definition) is 2. The third kappa shape index (κ3) is 4.83. The smallest absolute Gasteiger partial charge is 0.166 e. The molecular weight excluding hydrogens is 204 g/mol. The van der Waals surface area contributed by atoms with Gasteiger partial charge in [0.2, 0.25) is 0 Å². The van der Waals surface area contributed by atoms with Crippen LogP contribution in [0.15, 0.2) is 0 Å². The largest absolute Gasteiger partial charge is 0.363 e. The molecule has 0 unspecified atom stereocenters. The lowest BCUT2D eigenvalue weighted by Gasteiger charge is -2.35. The fourth-order valence-corrected chi connectivity index (χ4v) is 2.50. The number of unbranched alkanes of at least 4 members (excludes halogenated alkanes) is 1. The number of hydrogen-bond acceptors (Lipinski definition) is 1. The first-order chi connectivity index (χ1) is 7.16. The Bertz CT molecular complexity index is 198. The molecule has 15 heavy (non-hydrogen) atoms. The van der Waals surface area contributed by atoms with E-state index in [1.165, 1.54) is 44.9 Å². The quantitative estimate of drug-likeness (QED) is 0.571. The van der Waals surface area contributed by atoms with E-state index < -0.39 is 0 Å². The van der Waals surface area contributed by atoms with Crippen molar-refractivity contribution in [2.45, 2.75) is 64.3 Å². The van der Waals surface area contributed by atoms with Crippen molar-refractivity contribution in [3.05, 3.63) is 0 Å². The van der Waals surface area contributed by atoms with Crippen molar-refractivity contribution in [2.24, 2.45) is 0 Å². The molecule has 0 radical (unpaired) electrons. The van der Waals surface area contributed by atoms with Crippen molar-refractivity contribution in [1.82, 2.24) is 10.6 Å². The number of nitrogens with one attached hydrogen (secondary N) is 2. The van der Waals surface area contributed by atoms with Crippen LogP contribution in [0.5, 0.6) is 0 Å². The first-order valence-electron chi connectivity index (χ1n) is 6.22. The first-order valence-corrected chi connectivity index (χ1v) is 6.63. The van der Waals surface area contributed by atoms with Crippen LogP contribution in [0.4, 0.5) is 0 Å². The molecule has 0 aromatic heterocycles.